The largest absolute Gasteiger partial charge is 0.444 e. The second-order valence-electron chi connectivity index (χ2n) is 8.17. The summed E-state index contributed by atoms with van der Waals surface area (Å²) in [5.74, 6) is 0. The number of carbonyl (C=O) groups is 2. The number of rotatable bonds is 1. The van der Waals surface area contributed by atoms with E-state index in [0.29, 0.717) is 11.4 Å². The molecule has 3 N–H and O–H groups in total. The maximum atomic E-state index is 11.4. The van der Waals surface area contributed by atoms with Crippen LogP contribution in [0.4, 0.5) is 15.3 Å². The third-order valence-electron chi connectivity index (χ3n) is 2.76. The third kappa shape index (κ3) is 16.6. The number of nitrogens with zero attached hydrogens (tertiary/aromatic N) is 4. The van der Waals surface area contributed by atoms with Gasteiger partial charge in [-0.25, -0.2) is 19.6 Å². The molecular formula is C22H27BrN6O4. The lowest BCUT2D eigenvalue weighted by Gasteiger charge is -2.19. The number of amides is 2. The van der Waals surface area contributed by atoms with Gasteiger partial charge < -0.3 is 15.2 Å². The number of hydrogen-bond donors (Lipinski definition) is 2. The fourth-order valence-electron chi connectivity index (χ4n) is 1.76. The van der Waals surface area contributed by atoms with Crippen molar-refractivity contribution in [3.05, 3.63) is 52.5 Å². The number of halogens is 1. The van der Waals surface area contributed by atoms with Gasteiger partial charge in [-0.1, -0.05) is 15.9 Å². The lowest BCUT2D eigenvalue weighted by Crippen LogP contribution is -2.27. The number of nitrogens with one attached hydrogen (secondary N) is 1. The van der Waals surface area contributed by atoms with Crippen molar-refractivity contribution in [1.82, 2.24) is 9.97 Å². The van der Waals surface area contributed by atoms with Crippen molar-refractivity contribution in [2.75, 3.05) is 5.32 Å². The smallest absolute Gasteiger partial charge is 0.412 e. The summed E-state index contributed by atoms with van der Waals surface area (Å²) in [6, 6.07) is 10.3. The molecule has 0 unspecified atom stereocenters. The van der Waals surface area contributed by atoms with Crippen LogP contribution >= 0.6 is 15.9 Å². The predicted molar refractivity (Wildman–Crippen MR) is 126 cm³/mol. The van der Waals surface area contributed by atoms with Crippen molar-refractivity contribution >= 4 is 33.8 Å². The maximum absolute atomic E-state index is 11.4. The van der Waals surface area contributed by atoms with E-state index < -0.39 is 23.4 Å². The van der Waals surface area contributed by atoms with Crippen LogP contribution in [-0.4, -0.2) is 33.4 Å². The fourth-order valence-corrected chi connectivity index (χ4v) is 2.09. The zero-order valence-electron chi connectivity index (χ0n) is 19.3. The number of primary amides is 1. The molecule has 0 fully saturated rings. The first-order chi connectivity index (χ1) is 15.1. The van der Waals surface area contributed by atoms with E-state index in [-0.39, 0.29) is 5.69 Å². The lowest BCUT2D eigenvalue weighted by molar-refractivity contribution is 0.0596. The van der Waals surface area contributed by atoms with E-state index >= 15 is 0 Å². The Bertz CT molecular complexity index is 1020. The molecule has 11 heteroatoms. The number of nitrogens with two attached hydrogens (primary N) is 1. The fraction of sp³-hybridized carbons (Fsp3) is 0.364. The maximum Gasteiger partial charge on any atom is 0.412 e. The summed E-state index contributed by atoms with van der Waals surface area (Å²) in [4.78, 5) is 29.0. The van der Waals surface area contributed by atoms with Gasteiger partial charge in [0.15, 0.2) is 0 Å². The number of aromatic nitrogens is 2. The Labute approximate surface area is 201 Å². The second-order valence-corrected chi connectivity index (χ2v) is 9.09. The Morgan fingerprint density at radius 3 is 1.79 bits per heavy atom. The van der Waals surface area contributed by atoms with Crippen LogP contribution in [-0.2, 0) is 9.47 Å². The van der Waals surface area contributed by atoms with E-state index in [9.17, 15) is 9.59 Å². The molecule has 2 amide bonds. The first kappa shape index (κ1) is 29.3. The van der Waals surface area contributed by atoms with Crippen molar-refractivity contribution < 1.29 is 19.1 Å². The van der Waals surface area contributed by atoms with Crippen LogP contribution in [0.1, 0.15) is 52.9 Å². The number of nitriles is 2. The first-order valence-electron chi connectivity index (χ1n) is 9.51. The highest BCUT2D eigenvalue weighted by molar-refractivity contribution is 9.10. The molecule has 0 aliphatic heterocycles. The average Bonchev–Trinajstić information content (AvgIpc) is 2.65. The van der Waals surface area contributed by atoms with Gasteiger partial charge in [-0.3, -0.25) is 5.32 Å². The van der Waals surface area contributed by atoms with Gasteiger partial charge in [0, 0.05) is 22.6 Å². The predicted octanol–water partition coefficient (Wildman–Crippen LogP) is 4.90. The topological polar surface area (TPSA) is 164 Å². The quantitative estimate of drug-likeness (QED) is 0.537. The third-order valence-corrected chi connectivity index (χ3v) is 3.26. The number of anilines is 1. The molecule has 0 radical (unpaired) electrons. The molecule has 0 aliphatic rings. The summed E-state index contributed by atoms with van der Waals surface area (Å²) < 4.78 is 10.5. The minimum absolute atomic E-state index is 0.244. The molecule has 0 bridgehead atoms. The summed E-state index contributed by atoms with van der Waals surface area (Å²) in [6.07, 6.45) is 1.76. The summed E-state index contributed by atoms with van der Waals surface area (Å²) >= 11 is 3.21. The van der Waals surface area contributed by atoms with Crippen LogP contribution in [0, 0.1) is 22.7 Å². The Kier molecular flexibility index (Phi) is 12.1. The number of pyridine rings is 2. The van der Waals surface area contributed by atoms with Gasteiger partial charge in [-0.05, 0) is 65.8 Å². The number of hydrogen-bond acceptors (Lipinski definition) is 8. The van der Waals surface area contributed by atoms with E-state index in [0.717, 1.165) is 4.47 Å². The van der Waals surface area contributed by atoms with Crippen LogP contribution < -0.4 is 11.1 Å². The molecule has 33 heavy (non-hydrogen) atoms. The highest BCUT2D eigenvalue weighted by Crippen LogP contribution is 2.12. The molecular weight excluding hydrogens is 492 g/mol. The van der Waals surface area contributed by atoms with Gasteiger partial charge in [0.1, 0.15) is 34.7 Å². The average molecular weight is 519 g/mol. The van der Waals surface area contributed by atoms with Gasteiger partial charge in [-0.15, -0.1) is 0 Å². The number of carbonyl (C=O) groups excluding carboxylic acids is 2. The van der Waals surface area contributed by atoms with E-state index in [1.165, 1.54) is 12.3 Å². The highest BCUT2D eigenvalue weighted by Gasteiger charge is 2.16. The Balaban J connectivity index is 0.000000511. The zero-order valence-corrected chi connectivity index (χ0v) is 20.9. The lowest BCUT2D eigenvalue weighted by atomic mass is 10.2. The molecule has 0 spiro atoms. The van der Waals surface area contributed by atoms with Crippen molar-refractivity contribution in [2.45, 2.75) is 52.7 Å². The van der Waals surface area contributed by atoms with E-state index in [1.54, 1.807) is 65.9 Å². The van der Waals surface area contributed by atoms with Crippen LogP contribution in [0.3, 0.4) is 0 Å². The molecule has 10 nitrogen and oxygen atoms in total. The molecule has 176 valence electrons. The zero-order chi connectivity index (χ0) is 25.7. The molecule has 2 rings (SSSR count). The summed E-state index contributed by atoms with van der Waals surface area (Å²) in [7, 11) is 0. The molecule has 2 aromatic heterocycles. The SMILES string of the molecule is CC(C)(C)OC(=O)Nc1ccnc(C#N)c1.CC(C)(C)OC(N)=O.N#Cc1cc(Br)ccn1. The first-order valence-corrected chi connectivity index (χ1v) is 10.3. The van der Waals surface area contributed by atoms with Crippen LogP contribution in [0.5, 0.6) is 0 Å². The van der Waals surface area contributed by atoms with E-state index in [2.05, 4.69) is 36.0 Å². The summed E-state index contributed by atoms with van der Waals surface area (Å²) in [5, 5.41) is 19.5. The highest BCUT2D eigenvalue weighted by atomic mass is 79.9. The minimum atomic E-state index is -0.725. The van der Waals surface area contributed by atoms with E-state index in [4.69, 9.17) is 21.0 Å². The Morgan fingerprint density at radius 1 is 0.939 bits per heavy atom. The molecule has 0 atom stereocenters. The summed E-state index contributed by atoms with van der Waals surface area (Å²) in [5.41, 5.74) is 4.88. The standard InChI is InChI=1S/C11H13N3O2.C6H3BrN2.C5H11NO2/c1-11(2,3)16-10(15)14-8-4-5-13-9(6-8)7-12;7-5-1-2-9-6(3-5)4-8;1-5(2,3)8-4(6)7/h4-6H,1-3H3,(H,13,14,15);1-3H;1-3H3,(H2,6,7). The van der Waals surface area contributed by atoms with Crippen molar-refractivity contribution in [1.29, 1.82) is 10.5 Å². The van der Waals surface area contributed by atoms with Crippen LogP contribution in [0.2, 0.25) is 0 Å². The van der Waals surface area contributed by atoms with Gasteiger partial charge in [0.05, 0.1) is 0 Å². The van der Waals surface area contributed by atoms with Crippen molar-refractivity contribution in [3.63, 3.8) is 0 Å². The van der Waals surface area contributed by atoms with Gasteiger partial charge in [0.25, 0.3) is 0 Å². The Morgan fingerprint density at radius 2 is 1.42 bits per heavy atom. The molecule has 0 saturated heterocycles. The monoisotopic (exact) mass is 518 g/mol. The summed E-state index contributed by atoms with van der Waals surface area (Å²) in [6.45, 7) is 10.6. The molecule has 2 aromatic rings. The molecule has 0 aromatic carbocycles. The second kappa shape index (κ2) is 13.7. The van der Waals surface area contributed by atoms with Gasteiger partial charge in [-0.2, -0.15) is 10.5 Å². The van der Waals surface area contributed by atoms with E-state index in [1.807, 2.05) is 12.1 Å². The molecule has 0 saturated carbocycles. The van der Waals surface area contributed by atoms with Crippen molar-refractivity contribution in [3.8, 4) is 12.1 Å². The van der Waals surface area contributed by atoms with Gasteiger partial charge in [0.2, 0.25) is 0 Å². The minimum Gasteiger partial charge on any atom is -0.444 e. The van der Waals surface area contributed by atoms with Gasteiger partial charge >= 0.3 is 12.2 Å². The van der Waals surface area contributed by atoms with Crippen LogP contribution in [0.25, 0.3) is 0 Å². The molecule has 2 heterocycles. The number of ether oxygens (including phenoxy) is 2. The Hall–Kier alpha value is -3.70. The van der Waals surface area contributed by atoms with Crippen molar-refractivity contribution in [2.24, 2.45) is 5.73 Å². The normalized spacial score (nSPS) is 9.97. The molecule has 0 aliphatic carbocycles. The van der Waals surface area contributed by atoms with Crippen LogP contribution in [0.15, 0.2) is 41.1 Å².